The fraction of sp³-hybridized carbons (Fsp3) is 0.143. The van der Waals surface area contributed by atoms with Crippen LogP contribution in [0.4, 0.5) is 22.0 Å². The van der Waals surface area contributed by atoms with Crippen LogP contribution < -0.4 is 5.73 Å². The molecule has 0 aromatic heterocycles. The molecule has 2 rings (SSSR count). The lowest BCUT2D eigenvalue weighted by Gasteiger charge is -2.15. The van der Waals surface area contributed by atoms with Crippen LogP contribution in [0.5, 0.6) is 0 Å². The molecular weight excluding hydrogens is 277 g/mol. The Morgan fingerprint density at radius 1 is 0.850 bits per heavy atom. The molecule has 2 aromatic carbocycles. The molecule has 20 heavy (non-hydrogen) atoms. The zero-order valence-electron chi connectivity index (χ0n) is 10.1. The lowest BCUT2D eigenvalue weighted by Crippen LogP contribution is -2.14. The largest absolute Gasteiger partial charge is 0.419 e. The van der Waals surface area contributed by atoms with Crippen LogP contribution in [0.25, 0.3) is 0 Å². The van der Waals surface area contributed by atoms with Crippen LogP contribution >= 0.6 is 0 Å². The number of rotatable bonds is 2. The van der Waals surface area contributed by atoms with Gasteiger partial charge in [0.2, 0.25) is 0 Å². The summed E-state index contributed by atoms with van der Waals surface area (Å²) in [6, 6.07) is 6.83. The molecule has 0 saturated heterocycles. The van der Waals surface area contributed by atoms with E-state index in [1.807, 2.05) is 0 Å². The molecule has 1 nitrogen and oxygen atoms in total. The molecule has 0 radical (unpaired) electrons. The summed E-state index contributed by atoms with van der Waals surface area (Å²) in [7, 11) is 0. The van der Waals surface area contributed by atoms with E-state index in [0.717, 1.165) is 12.1 Å². The van der Waals surface area contributed by atoms with E-state index in [9.17, 15) is 22.0 Å². The highest BCUT2D eigenvalue weighted by Crippen LogP contribution is 2.32. The van der Waals surface area contributed by atoms with Crippen LogP contribution in [0, 0.1) is 11.6 Å². The fourth-order valence-corrected chi connectivity index (χ4v) is 1.82. The third-order valence-electron chi connectivity index (χ3n) is 2.89. The predicted octanol–water partition coefficient (Wildman–Crippen LogP) is 4.03. The molecule has 0 aliphatic carbocycles. The van der Waals surface area contributed by atoms with Gasteiger partial charge in [0.25, 0.3) is 0 Å². The highest BCUT2D eigenvalue weighted by atomic mass is 19.4. The molecule has 2 N–H and O–H groups in total. The molecule has 0 aliphatic rings. The monoisotopic (exact) mass is 287 g/mol. The Hall–Kier alpha value is -1.95. The summed E-state index contributed by atoms with van der Waals surface area (Å²) in [5.74, 6) is -1.84. The fourth-order valence-electron chi connectivity index (χ4n) is 1.82. The number of halogens is 5. The van der Waals surface area contributed by atoms with Crippen LogP contribution in [0.1, 0.15) is 22.7 Å². The Kier molecular flexibility index (Phi) is 3.76. The SMILES string of the molecule is NC(c1ccc(F)cc1)c1ccc(C(F)(F)F)c(F)c1. The first kappa shape index (κ1) is 14.5. The molecule has 1 atom stereocenters. The van der Waals surface area contributed by atoms with Crippen LogP contribution in [-0.4, -0.2) is 0 Å². The van der Waals surface area contributed by atoms with Crippen LogP contribution in [0.3, 0.4) is 0 Å². The molecule has 0 aliphatic heterocycles. The van der Waals surface area contributed by atoms with E-state index < -0.39 is 29.4 Å². The highest BCUT2D eigenvalue weighted by molar-refractivity contribution is 5.34. The van der Waals surface area contributed by atoms with E-state index in [-0.39, 0.29) is 5.56 Å². The summed E-state index contributed by atoms with van der Waals surface area (Å²) in [6.07, 6.45) is -4.75. The van der Waals surface area contributed by atoms with E-state index in [4.69, 9.17) is 5.73 Å². The predicted molar refractivity (Wildman–Crippen MR) is 63.8 cm³/mol. The van der Waals surface area contributed by atoms with Gasteiger partial charge in [-0.1, -0.05) is 18.2 Å². The number of hydrogen-bond donors (Lipinski definition) is 1. The van der Waals surface area contributed by atoms with E-state index >= 15 is 0 Å². The second kappa shape index (κ2) is 5.20. The molecule has 2 aromatic rings. The quantitative estimate of drug-likeness (QED) is 0.829. The molecule has 0 heterocycles. The molecule has 0 amide bonds. The van der Waals surface area contributed by atoms with Crippen molar-refractivity contribution in [3.8, 4) is 0 Å². The lowest BCUT2D eigenvalue weighted by atomic mass is 9.98. The van der Waals surface area contributed by atoms with Gasteiger partial charge in [-0.25, -0.2) is 8.78 Å². The summed E-state index contributed by atoms with van der Waals surface area (Å²) in [5.41, 5.74) is 5.14. The van der Waals surface area contributed by atoms with Crippen LogP contribution in [-0.2, 0) is 6.18 Å². The van der Waals surface area contributed by atoms with Gasteiger partial charge < -0.3 is 5.73 Å². The maximum Gasteiger partial charge on any atom is 0.419 e. The van der Waals surface area contributed by atoms with Gasteiger partial charge in [0.1, 0.15) is 11.6 Å². The first-order chi connectivity index (χ1) is 9.29. The summed E-state index contributed by atoms with van der Waals surface area (Å²) < 4.78 is 63.5. The standard InChI is InChI=1S/C14H10F5N/c15-10-4-1-8(2-5-10)13(20)9-3-6-11(12(16)7-9)14(17,18)19/h1-7,13H,20H2. The van der Waals surface area contributed by atoms with Crippen LogP contribution in [0.15, 0.2) is 42.5 Å². The summed E-state index contributed by atoms with van der Waals surface area (Å²) in [4.78, 5) is 0. The van der Waals surface area contributed by atoms with Gasteiger partial charge in [0, 0.05) is 0 Å². The van der Waals surface area contributed by atoms with Gasteiger partial charge in [-0.15, -0.1) is 0 Å². The summed E-state index contributed by atoms with van der Waals surface area (Å²) in [6.45, 7) is 0. The smallest absolute Gasteiger partial charge is 0.320 e. The van der Waals surface area contributed by atoms with Gasteiger partial charge in [-0.2, -0.15) is 13.2 Å². The molecule has 6 heteroatoms. The van der Waals surface area contributed by atoms with Crippen molar-refractivity contribution in [1.29, 1.82) is 0 Å². The van der Waals surface area contributed by atoms with Gasteiger partial charge in [0.15, 0.2) is 0 Å². The van der Waals surface area contributed by atoms with Crippen molar-refractivity contribution in [2.45, 2.75) is 12.2 Å². The Morgan fingerprint density at radius 3 is 1.90 bits per heavy atom. The van der Waals surface area contributed by atoms with Gasteiger partial charge >= 0.3 is 6.18 Å². The second-order valence-electron chi connectivity index (χ2n) is 4.27. The Balaban J connectivity index is 2.34. The average Bonchev–Trinajstić information content (AvgIpc) is 2.37. The van der Waals surface area contributed by atoms with Gasteiger partial charge in [-0.05, 0) is 35.4 Å². The lowest BCUT2D eigenvalue weighted by molar-refractivity contribution is -0.140. The maximum absolute atomic E-state index is 13.5. The van der Waals surface area contributed by atoms with Crippen molar-refractivity contribution >= 4 is 0 Å². The minimum absolute atomic E-state index is 0.183. The zero-order valence-corrected chi connectivity index (χ0v) is 10.1. The third kappa shape index (κ3) is 2.96. The second-order valence-corrected chi connectivity index (χ2v) is 4.27. The molecule has 0 fully saturated rings. The highest BCUT2D eigenvalue weighted by Gasteiger charge is 2.34. The van der Waals surface area contributed by atoms with Crippen molar-refractivity contribution in [3.63, 3.8) is 0 Å². The molecule has 0 bridgehead atoms. The molecule has 106 valence electrons. The molecular formula is C14H10F5N. The van der Waals surface area contributed by atoms with Crippen molar-refractivity contribution in [1.82, 2.24) is 0 Å². The van der Waals surface area contributed by atoms with E-state index in [1.165, 1.54) is 24.3 Å². The maximum atomic E-state index is 13.5. The van der Waals surface area contributed by atoms with Gasteiger partial charge in [0.05, 0.1) is 11.6 Å². The third-order valence-corrected chi connectivity index (χ3v) is 2.89. The van der Waals surface area contributed by atoms with Crippen LogP contribution in [0.2, 0.25) is 0 Å². The van der Waals surface area contributed by atoms with Crippen molar-refractivity contribution in [2.75, 3.05) is 0 Å². The van der Waals surface area contributed by atoms with E-state index in [0.29, 0.717) is 11.6 Å². The van der Waals surface area contributed by atoms with E-state index in [1.54, 1.807) is 0 Å². The number of nitrogens with two attached hydrogens (primary N) is 1. The Morgan fingerprint density at radius 2 is 1.40 bits per heavy atom. The van der Waals surface area contributed by atoms with Crippen molar-refractivity contribution < 1.29 is 22.0 Å². The number of benzene rings is 2. The van der Waals surface area contributed by atoms with Crippen molar-refractivity contribution in [3.05, 3.63) is 70.8 Å². The minimum atomic E-state index is -4.75. The Labute approximate surface area is 111 Å². The summed E-state index contributed by atoms with van der Waals surface area (Å²) >= 11 is 0. The molecule has 0 spiro atoms. The minimum Gasteiger partial charge on any atom is -0.320 e. The average molecular weight is 287 g/mol. The number of hydrogen-bond acceptors (Lipinski definition) is 1. The summed E-state index contributed by atoms with van der Waals surface area (Å²) in [5, 5.41) is 0. The van der Waals surface area contributed by atoms with E-state index in [2.05, 4.69) is 0 Å². The molecule has 1 unspecified atom stereocenters. The Bertz CT molecular complexity index is 604. The zero-order chi connectivity index (χ0) is 14.9. The first-order valence-corrected chi connectivity index (χ1v) is 5.66. The topological polar surface area (TPSA) is 26.0 Å². The first-order valence-electron chi connectivity index (χ1n) is 5.66. The number of alkyl halides is 3. The molecule has 0 saturated carbocycles. The van der Waals surface area contributed by atoms with Crippen molar-refractivity contribution in [2.24, 2.45) is 5.73 Å². The normalized spacial score (nSPS) is 13.3. The van der Waals surface area contributed by atoms with Gasteiger partial charge in [-0.3, -0.25) is 0 Å².